The highest BCUT2D eigenvalue weighted by molar-refractivity contribution is 5.83. The Morgan fingerprint density at radius 3 is 2.37 bits per heavy atom. The molecule has 0 aromatic carbocycles. The van der Waals surface area contributed by atoms with Crippen molar-refractivity contribution in [2.75, 3.05) is 6.54 Å². The molecule has 0 saturated heterocycles. The molecule has 0 heterocycles. The van der Waals surface area contributed by atoms with E-state index in [9.17, 15) is 27.2 Å². The predicted octanol–water partition coefficient (Wildman–Crippen LogP) is 1.89. The van der Waals surface area contributed by atoms with Crippen LogP contribution in [0.15, 0.2) is 0 Å². The van der Waals surface area contributed by atoms with Gasteiger partial charge in [-0.1, -0.05) is 12.8 Å². The largest absolute Gasteiger partial charge is 0.481 e. The fourth-order valence-electron chi connectivity index (χ4n) is 2.22. The summed E-state index contributed by atoms with van der Waals surface area (Å²) in [7, 11) is 0. The molecule has 0 aromatic heterocycles. The standard InChI is InChI=1S/C11H15F4NO3/c12-9(13)11(14,15)10(19)16-5-6-3-1-2-4-7(6)8(17)18/h6-7,9H,1-5H2,(H,16,19)(H,17,18). The quantitative estimate of drug-likeness (QED) is 0.758. The van der Waals surface area contributed by atoms with Gasteiger partial charge in [-0.25, -0.2) is 8.78 Å². The minimum atomic E-state index is -4.74. The molecule has 0 bridgehead atoms. The summed E-state index contributed by atoms with van der Waals surface area (Å²) < 4.78 is 49.2. The highest BCUT2D eigenvalue weighted by Crippen LogP contribution is 2.30. The number of carboxylic acids is 1. The van der Waals surface area contributed by atoms with E-state index in [1.165, 1.54) is 0 Å². The van der Waals surface area contributed by atoms with Crippen LogP contribution in [-0.4, -0.2) is 35.9 Å². The maximum Gasteiger partial charge on any atom is 0.383 e. The maximum absolute atomic E-state index is 12.7. The molecule has 19 heavy (non-hydrogen) atoms. The van der Waals surface area contributed by atoms with Crippen LogP contribution in [0.25, 0.3) is 0 Å². The summed E-state index contributed by atoms with van der Waals surface area (Å²) in [5.41, 5.74) is 0. The molecule has 4 nitrogen and oxygen atoms in total. The molecule has 110 valence electrons. The van der Waals surface area contributed by atoms with Crippen LogP contribution in [0.1, 0.15) is 25.7 Å². The molecule has 0 aromatic rings. The number of hydrogen-bond acceptors (Lipinski definition) is 2. The Morgan fingerprint density at radius 1 is 1.26 bits per heavy atom. The number of aliphatic carboxylic acids is 1. The van der Waals surface area contributed by atoms with E-state index >= 15 is 0 Å². The predicted molar refractivity (Wildman–Crippen MR) is 57.0 cm³/mol. The van der Waals surface area contributed by atoms with Gasteiger partial charge in [0.15, 0.2) is 0 Å². The van der Waals surface area contributed by atoms with Crippen LogP contribution in [0.5, 0.6) is 0 Å². The number of amides is 1. The Bertz CT molecular complexity index is 349. The molecule has 0 aliphatic heterocycles. The molecule has 1 amide bonds. The number of hydrogen-bond donors (Lipinski definition) is 2. The Morgan fingerprint density at radius 2 is 1.84 bits per heavy atom. The van der Waals surface area contributed by atoms with Crippen LogP contribution in [-0.2, 0) is 9.59 Å². The Hall–Kier alpha value is -1.34. The third kappa shape index (κ3) is 3.81. The molecule has 1 fully saturated rings. The number of carbonyl (C=O) groups excluding carboxylic acids is 1. The highest BCUT2D eigenvalue weighted by atomic mass is 19.3. The van der Waals surface area contributed by atoms with E-state index < -0.39 is 36.1 Å². The Labute approximate surface area is 107 Å². The second-order valence-corrected chi connectivity index (χ2v) is 4.62. The summed E-state index contributed by atoms with van der Waals surface area (Å²) in [4.78, 5) is 21.9. The molecule has 1 aliphatic rings. The number of nitrogens with one attached hydrogen (secondary N) is 1. The molecule has 1 rings (SSSR count). The first-order valence-electron chi connectivity index (χ1n) is 5.94. The molecular formula is C11H15F4NO3. The Balaban J connectivity index is 2.55. The van der Waals surface area contributed by atoms with Crippen molar-refractivity contribution >= 4 is 11.9 Å². The zero-order valence-electron chi connectivity index (χ0n) is 10.0. The van der Waals surface area contributed by atoms with E-state index in [4.69, 9.17) is 5.11 Å². The number of alkyl halides is 4. The number of carboxylic acid groups (broad SMARTS) is 1. The molecule has 1 aliphatic carbocycles. The second-order valence-electron chi connectivity index (χ2n) is 4.62. The minimum absolute atomic E-state index is 0.321. The molecular weight excluding hydrogens is 270 g/mol. The molecule has 8 heteroatoms. The number of halogens is 4. The second kappa shape index (κ2) is 6.21. The first kappa shape index (κ1) is 15.7. The van der Waals surface area contributed by atoms with Gasteiger partial charge in [-0.05, 0) is 18.8 Å². The van der Waals surface area contributed by atoms with Crippen LogP contribution in [0.2, 0.25) is 0 Å². The van der Waals surface area contributed by atoms with Gasteiger partial charge in [0.2, 0.25) is 0 Å². The molecule has 2 unspecified atom stereocenters. The molecule has 0 spiro atoms. The minimum Gasteiger partial charge on any atom is -0.481 e. The van der Waals surface area contributed by atoms with Crippen molar-refractivity contribution in [3.8, 4) is 0 Å². The van der Waals surface area contributed by atoms with Crippen LogP contribution in [0.3, 0.4) is 0 Å². The van der Waals surface area contributed by atoms with Gasteiger partial charge in [-0.3, -0.25) is 9.59 Å². The van der Waals surface area contributed by atoms with E-state index in [1.807, 2.05) is 0 Å². The summed E-state index contributed by atoms with van der Waals surface area (Å²) in [6.07, 6.45) is -1.75. The van der Waals surface area contributed by atoms with Gasteiger partial charge in [0.1, 0.15) is 0 Å². The van der Waals surface area contributed by atoms with Gasteiger partial charge < -0.3 is 10.4 Å². The summed E-state index contributed by atoms with van der Waals surface area (Å²) in [6.45, 7) is -0.321. The number of rotatable bonds is 5. The van der Waals surface area contributed by atoms with Gasteiger partial charge in [0.05, 0.1) is 5.92 Å². The summed E-state index contributed by atoms with van der Waals surface area (Å²) in [5.74, 6) is -9.08. The van der Waals surface area contributed by atoms with E-state index in [1.54, 1.807) is 5.32 Å². The van der Waals surface area contributed by atoms with E-state index in [2.05, 4.69) is 0 Å². The van der Waals surface area contributed by atoms with Crippen molar-refractivity contribution in [1.82, 2.24) is 5.32 Å². The molecule has 2 N–H and O–H groups in total. The van der Waals surface area contributed by atoms with Crippen molar-refractivity contribution < 1.29 is 32.3 Å². The van der Waals surface area contributed by atoms with Crippen LogP contribution < -0.4 is 5.32 Å². The fraction of sp³-hybridized carbons (Fsp3) is 0.818. The lowest BCUT2D eigenvalue weighted by molar-refractivity contribution is -0.170. The van der Waals surface area contributed by atoms with Crippen molar-refractivity contribution in [2.45, 2.75) is 38.0 Å². The number of carbonyl (C=O) groups is 2. The van der Waals surface area contributed by atoms with E-state index in [-0.39, 0.29) is 6.54 Å². The highest BCUT2D eigenvalue weighted by Gasteiger charge is 2.49. The van der Waals surface area contributed by atoms with E-state index in [0.717, 1.165) is 6.42 Å². The van der Waals surface area contributed by atoms with Gasteiger partial charge in [0, 0.05) is 6.54 Å². The normalized spacial score (nSPS) is 24.3. The van der Waals surface area contributed by atoms with Crippen LogP contribution in [0.4, 0.5) is 17.6 Å². The van der Waals surface area contributed by atoms with Crippen molar-refractivity contribution in [3.63, 3.8) is 0 Å². The van der Waals surface area contributed by atoms with Crippen LogP contribution in [0, 0.1) is 11.8 Å². The van der Waals surface area contributed by atoms with Gasteiger partial charge in [-0.2, -0.15) is 8.78 Å². The lowest BCUT2D eigenvalue weighted by Crippen LogP contribution is -2.47. The monoisotopic (exact) mass is 285 g/mol. The summed E-state index contributed by atoms with van der Waals surface area (Å²) >= 11 is 0. The first-order chi connectivity index (χ1) is 8.76. The molecule has 2 atom stereocenters. The molecule has 1 saturated carbocycles. The topological polar surface area (TPSA) is 66.4 Å². The third-order valence-electron chi connectivity index (χ3n) is 3.33. The summed E-state index contributed by atoms with van der Waals surface area (Å²) in [5, 5.41) is 10.7. The van der Waals surface area contributed by atoms with Crippen molar-refractivity contribution in [1.29, 1.82) is 0 Å². The lowest BCUT2D eigenvalue weighted by atomic mass is 9.79. The Kier molecular flexibility index (Phi) is 5.13. The van der Waals surface area contributed by atoms with Gasteiger partial charge >= 0.3 is 18.3 Å². The maximum atomic E-state index is 12.7. The smallest absolute Gasteiger partial charge is 0.383 e. The van der Waals surface area contributed by atoms with Crippen molar-refractivity contribution in [2.24, 2.45) is 11.8 Å². The van der Waals surface area contributed by atoms with E-state index in [0.29, 0.717) is 19.3 Å². The van der Waals surface area contributed by atoms with Gasteiger partial charge in [0.25, 0.3) is 5.91 Å². The van der Waals surface area contributed by atoms with Crippen LogP contribution >= 0.6 is 0 Å². The summed E-state index contributed by atoms with van der Waals surface area (Å²) in [6, 6.07) is 0. The zero-order valence-corrected chi connectivity index (χ0v) is 10.0. The lowest BCUT2D eigenvalue weighted by Gasteiger charge is -2.29. The fourth-order valence-corrected chi connectivity index (χ4v) is 2.22. The van der Waals surface area contributed by atoms with Crippen molar-refractivity contribution in [3.05, 3.63) is 0 Å². The average molecular weight is 285 g/mol. The zero-order chi connectivity index (χ0) is 14.6. The first-order valence-corrected chi connectivity index (χ1v) is 5.94. The third-order valence-corrected chi connectivity index (χ3v) is 3.33. The SMILES string of the molecule is O=C(O)C1CCCCC1CNC(=O)C(F)(F)C(F)F. The molecule has 0 radical (unpaired) electrons. The average Bonchev–Trinajstić information content (AvgIpc) is 2.35. The van der Waals surface area contributed by atoms with Gasteiger partial charge in [-0.15, -0.1) is 0 Å².